The van der Waals surface area contributed by atoms with Crippen LogP contribution in [0.3, 0.4) is 0 Å². The minimum absolute atomic E-state index is 0.127. The van der Waals surface area contributed by atoms with E-state index in [4.69, 9.17) is 15.5 Å². The summed E-state index contributed by atoms with van der Waals surface area (Å²) in [5.74, 6) is -0.110. The van der Waals surface area contributed by atoms with E-state index in [9.17, 15) is 4.79 Å². The van der Waals surface area contributed by atoms with Crippen LogP contribution in [-0.2, 0) is 11.2 Å². The highest BCUT2D eigenvalue weighted by Gasteiger charge is 2.17. The van der Waals surface area contributed by atoms with Crippen molar-refractivity contribution in [1.82, 2.24) is 15.5 Å². The van der Waals surface area contributed by atoms with Crippen LogP contribution in [0.25, 0.3) is 0 Å². The molecule has 1 amide bonds. The van der Waals surface area contributed by atoms with E-state index in [-0.39, 0.29) is 11.7 Å². The lowest BCUT2D eigenvalue weighted by Crippen LogP contribution is -2.38. The number of carbonyl (C=O) groups excluding carboxylic acids is 1. The Kier molecular flexibility index (Phi) is 4.44. The molecule has 1 heterocycles. The number of hydrogen-bond acceptors (Lipinski definition) is 6. The van der Waals surface area contributed by atoms with Gasteiger partial charge in [-0.2, -0.15) is 4.98 Å². The van der Waals surface area contributed by atoms with Crippen molar-refractivity contribution < 1.29 is 14.5 Å². The Balaban J connectivity index is 2.34. The summed E-state index contributed by atoms with van der Waals surface area (Å²) in [4.78, 5) is 15.5. The molecule has 8 nitrogen and oxygen atoms in total. The quantitative estimate of drug-likeness (QED) is 0.274. The summed E-state index contributed by atoms with van der Waals surface area (Å²) in [5.41, 5.74) is 5.30. The molecule has 0 aliphatic heterocycles. The molecule has 1 rings (SSSR count). The molecule has 17 heavy (non-hydrogen) atoms. The number of oxime groups is 1. The first kappa shape index (κ1) is 12.9. The van der Waals surface area contributed by atoms with Gasteiger partial charge in [-0.1, -0.05) is 10.3 Å². The number of aromatic nitrogens is 2. The highest BCUT2D eigenvalue weighted by molar-refractivity contribution is 6.01. The molecule has 8 heteroatoms. The monoisotopic (exact) mass is 241 g/mol. The van der Waals surface area contributed by atoms with E-state index in [1.807, 2.05) is 0 Å². The SMILES string of the molecule is Cc1nc(CCNC(=O)C(C)C(N)=NO)no1. The van der Waals surface area contributed by atoms with Gasteiger partial charge < -0.3 is 20.8 Å². The van der Waals surface area contributed by atoms with Gasteiger partial charge in [0.15, 0.2) is 11.7 Å². The van der Waals surface area contributed by atoms with Gasteiger partial charge >= 0.3 is 0 Å². The standard InChI is InChI=1S/C9H15N5O3/c1-5(8(10)13-16)9(15)11-4-3-7-12-6(2)17-14-7/h5,16H,3-4H2,1-2H3,(H2,10,13)(H,11,15). The number of hydrogen-bond donors (Lipinski definition) is 3. The van der Waals surface area contributed by atoms with Crippen molar-refractivity contribution in [3.8, 4) is 0 Å². The Morgan fingerprint density at radius 3 is 2.94 bits per heavy atom. The molecule has 1 aromatic rings. The summed E-state index contributed by atoms with van der Waals surface area (Å²) in [7, 11) is 0. The lowest BCUT2D eigenvalue weighted by molar-refractivity contribution is -0.122. The summed E-state index contributed by atoms with van der Waals surface area (Å²) in [5, 5.41) is 17.5. The third-order valence-corrected chi connectivity index (χ3v) is 2.17. The molecule has 0 bridgehead atoms. The fraction of sp³-hybridized carbons (Fsp3) is 0.556. The Bertz CT molecular complexity index is 415. The van der Waals surface area contributed by atoms with E-state index in [1.54, 1.807) is 13.8 Å². The molecule has 94 valence electrons. The summed E-state index contributed by atoms with van der Waals surface area (Å²) >= 11 is 0. The number of nitrogens with two attached hydrogens (primary N) is 1. The third kappa shape index (κ3) is 3.74. The maximum Gasteiger partial charge on any atom is 0.230 e. The second-order valence-corrected chi connectivity index (χ2v) is 3.52. The Hall–Kier alpha value is -2.12. The minimum Gasteiger partial charge on any atom is -0.409 e. The van der Waals surface area contributed by atoms with Gasteiger partial charge in [0.2, 0.25) is 11.8 Å². The van der Waals surface area contributed by atoms with Crippen molar-refractivity contribution in [2.45, 2.75) is 20.3 Å². The molecular weight excluding hydrogens is 226 g/mol. The van der Waals surface area contributed by atoms with Crippen LogP contribution < -0.4 is 11.1 Å². The van der Waals surface area contributed by atoms with Crippen molar-refractivity contribution in [2.24, 2.45) is 16.8 Å². The van der Waals surface area contributed by atoms with Crippen molar-refractivity contribution in [2.75, 3.05) is 6.54 Å². The summed E-state index contributed by atoms with van der Waals surface area (Å²) in [6.45, 7) is 3.60. The number of nitrogens with one attached hydrogen (secondary N) is 1. The summed E-state index contributed by atoms with van der Waals surface area (Å²) in [6.07, 6.45) is 0.464. The first-order valence-electron chi connectivity index (χ1n) is 5.09. The van der Waals surface area contributed by atoms with Gasteiger partial charge in [0.05, 0.1) is 5.92 Å². The van der Waals surface area contributed by atoms with Crippen LogP contribution in [0, 0.1) is 12.8 Å². The van der Waals surface area contributed by atoms with Crippen LogP contribution >= 0.6 is 0 Å². The summed E-state index contributed by atoms with van der Waals surface area (Å²) in [6, 6.07) is 0. The Morgan fingerprint density at radius 2 is 2.41 bits per heavy atom. The molecule has 1 unspecified atom stereocenters. The molecule has 0 spiro atoms. The average Bonchev–Trinajstić information content (AvgIpc) is 2.72. The maximum absolute atomic E-state index is 11.5. The number of nitrogens with zero attached hydrogens (tertiary/aromatic N) is 3. The number of amides is 1. The molecule has 0 aliphatic rings. The zero-order valence-corrected chi connectivity index (χ0v) is 9.67. The normalized spacial score (nSPS) is 13.4. The van der Waals surface area contributed by atoms with Crippen molar-refractivity contribution >= 4 is 11.7 Å². The topological polar surface area (TPSA) is 127 Å². The fourth-order valence-electron chi connectivity index (χ4n) is 1.11. The molecule has 4 N–H and O–H groups in total. The van der Waals surface area contributed by atoms with Crippen LogP contribution in [0.2, 0.25) is 0 Å². The van der Waals surface area contributed by atoms with E-state index in [0.717, 1.165) is 0 Å². The second-order valence-electron chi connectivity index (χ2n) is 3.52. The number of amidine groups is 1. The van der Waals surface area contributed by atoms with Gasteiger partial charge in [-0.25, -0.2) is 0 Å². The van der Waals surface area contributed by atoms with Crippen molar-refractivity contribution in [3.63, 3.8) is 0 Å². The van der Waals surface area contributed by atoms with E-state index in [1.165, 1.54) is 0 Å². The highest BCUT2D eigenvalue weighted by atomic mass is 16.5. The summed E-state index contributed by atoms with van der Waals surface area (Å²) < 4.78 is 4.78. The molecular formula is C9H15N5O3. The van der Waals surface area contributed by atoms with E-state index in [0.29, 0.717) is 24.7 Å². The van der Waals surface area contributed by atoms with Gasteiger partial charge in [-0.15, -0.1) is 0 Å². The largest absolute Gasteiger partial charge is 0.409 e. The zero-order chi connectivity index (χ0) is 12.8. The average molecular weight is 241 g/mol. The number of aryl methyl sites for hydroxylation is 1. The fourth-order valence-corrected chi connectivity index (χ4v) is 1.11. The van der Waals surface area contributed by atoms with Gasteiger partial charge in [-0.05, 0) is 6.92 Å². The van der Waals surface area contributed by atoms with Crippen molar-refractivity contribution in [3.05, 3.63) is 11.7 Å². The van der Waals surface area contributed by atoms with E-state index < -0.39 is 5.92 Å². The molecule has 0 saturated carbocycles. The third-order valence-electron chi connectivity index (χ3n) is 2.17. The lowest BCUT2D eigenvalue weighted by Gasteiger charge is -2.09. The number of carbonyl (C=O) groups is 1. The molecule has 1 aromatic heterocycles. The molecule has 0 saturated heterocycles. The van der Waals surface area contributed by atoms with Crippen LogP contribution in [0.1, 0.15) is 18.6 Å². The van der Waals surface area contributed by atoms with Crippen LogP contribution in [0.4, 0.5) is 0 Å². The molecule has 0 fully saturated rings. The molecule has 1 atom stereocenters. The van der Waals surface area contributed by atoms with Crippen molar-refractivity contribution in [1.29, 1.82) is 0 Å². The first-order chi connectivity index (χ1) is 8.04. The maximum atomic E-state index is 11.5. The lowest BCUT2D eigenvalue weighted by atomic mass is 10.1. The minimum atomic E-state index is -0.674. The predicted octanol–water partition coefficient (Wildman–Crippen LogP) is -0.581. The highest BCUT2D eigenvalue weighted by Crippen LogP contribution is 1.97. The molecule has 0 aliphatic carbocycles. The van der Waals surface area contributed by atoms with Gasteiger partial charge in [0.1, 0.15) is 0 Å². The predicted molar refractivity (Wildman–Crippen MR) is 58.3 cm³/mol. The van der Waals surface area contributed by atoms with Crippen LogP contribution in [0.15, 0.2) is 9.68 Å². The second kappa shape index (κ2) is 5.83. The number of rotatable bonds is 5. The van der Waals surface area contributed by atoms with Gasteiger partial charge in [-0.3, -0.25) is 4.79 Å². The van der Waals surface area contributed by atoms with E-state index >= 15 is 0 Å². The first-order valence-corrected chi connectivity index (χ1v) is 5.09. The van der Waals surface area contributed by atoms with Gasteiger partial charge in [0, 0.05) is 19.9 Å². The zero-order valence-electron chi connectivity index (χ0n) is 9.67. The molecule has 0 aromatic carbocycles. The Labute approximate surface area is 97.9 Å². The smallest absolute Gasteiger partial charge is 0.230 e. The van der Waals surface area contributed by atoms with Crippen LogP contribution in [0.5, 0.6) is 0 Å². The van der Waals surface area contributed by atoms with Gasteiger partial charge in [0.25, 0.3) is 0 Å². The van der Waals surface area contributed by atoms with E-state index in [2.05, 4.69) is 20.6 Å². The Morgan fingerprint density at radius 1 is 1.71 bits per heavy atom. The molecule has 0 radical (unpaired) electrons. The van der Waals surface area contributed by atoms with Crippen LogP contribution in [-0.4, -0.2) is 33.6 Å².